The fourth-order valence-electron chi connectivity index (χ4n) is 3.65. The van der Waals surface area contributed by atoms with Gasteiger partial charge in [0.15, 0.2) is 17.3 Å². The number of ketones is 3. The molecule has 0 radical (unpaired) electrons. The van der Waals surface area contributed by atoms with Crippen molar-refractivity contribution in [1.29, 1.82) is 0 Å². The van der Waals surface area contributed by atoms with Crippen molar-refractivity contribution in [2.45, 2.75) is 0 Å². The van der Waals surface area contributed by atoms with Crippen molar-refractivity contribution < 1.29 is 19.2 Å². The number of benzene rings is 3. The third-order valence-corrected chi connectivity index (χ3v) is 4.96. The van der Waals surface area contributed by atoms with Crippen LogP contribution in [0.25, 0.3) is 0 Å². The van der Waals surface area contributed by atoms with Gasteiger partial charge in [-0.2, -0.15) is 0 Å². The molecule has 5 rings (SSSR count). The molecule has 1 aliphatic heterocycles. The Hall–Kier alpha value is -3.86. The van der Waals surface area contributed by atoms with Crippen LogP contribution in [-0.2, 0) is 0 Å². The molecule has 27 heavy (non-hydrogen) atoms. The molecule has 2 aliphatic rings. The lowest BCUT2D eigenvalue weighted by atomic mass is 9.81. The van der Waals surface area contributed by atoms with E-state index in [0.29, 0.717) is 16.7 Å². The average Bonchev–Trinajstić information content (AvgIpc) is 2.70. The van der Waals surface area contributed by atoms with Gasteiger partial charge in [0, 0.05) is 33.4 Å². The second-order valence-electron chi connectivity index (χ2n) is 6.48. The highest BCUT2D eigenvalue weighted by Crippen LogP contribution is 2.36. The van der Waals surface area contributed by atoms with Gasteiger partial charge in [-0.05, 0) is 24.3 Å². The number of amides is 1. The largest absolute Gasteiger partial charge is 0.321 e. The Morgan fingerprint density at radius 1 is 0.556 bits per heavy atom. The second-order valence-corrected chi connectivity index (χ2v) is 6.48. The van der Waals surface area contributed by atoms with Gasteiger partial charge in [-0.3, -0.25) is 19.2 Å². The Bertz CT molecular complexity index is 1220. The van der Waals surface area contributed by atoms with E-state index in [1.165, 1.54) is 18.2 Å². The monoisotopic (exact) mass is 353 g/mol. The third kappa shape index (κ3) is 2.05. The summed E-state index contributed by atoms with van der Waals surface area (Å²) in [5.41, 5.74) is 1.83. The van der Waals surface area contributed by atoms with Crippen molar-refractivity contribution in [3.8, 4) is 0 Å². The first-order valence-corrected chi connectivity index (χ1v) is 8.38. The predicted octanol–water partition coefficient (Wildman–Crippen LogP) is 3.26. The number of carbonyl (C=O) groups is 4. The van der Waals surface area contributed by atoms with Crippen molar-refractivity contribution in [1.82, 2.24) is 0 Å². The van der Waals surface area contributed by atoms with Crippen molar-refractivity contribution in [2.24, 2.45) is 0 Å². The number of hydrogen-bond donors (Lipinski definition) is 1. The van der Waals surface area contributed by atoms with Crippen LogP contribution >= 0.6 is 0 Å². The summed E-state index contributed by atoms with van der Waals surface area (Å²) in [4.78, 5) is 51.5. The van der Waals surface area contributed by atoms with E-state index in [2.05, 4.69) is 5.32 Å². The maximum absolute atomic E-state index is 13.1. The summed E-state index contributed by atoms with van der Waals surface area (Å²) in [6.45, 7) is 0. The summed E-state index contributed by atoms with van der Waals surface area (Å²) in [5.74, 6) is -1.42. The predicted molar refractivity (Wildman–Crippen MR) is 97.6 cm³/mol. The number of rotatable bonds is 0. The summed E-state index contributed by atoms with van der Waals surface area (Å²) in [7, 11) is 0. The zero-order valence-electron chi connectivity index (χ0n) is 13.9. The first kappa shape index (κ1) is 15.4. The van der Waals surface area contributed by atoms with Gasteiger partial charge in [0.2, 0.25) is 0 Å². The van der Waals surface area contributed by atoms with Gasteiger partial charge in [-0.1, -0.05) is 36.4 Å². The molecule has 0 fully saturated rings. The zero-order chi connectivity index (χ0) is 18.7. The summed E-state index contributed by atoms with van der Waals surface area (Å²) in [6.07, 6.45) is 0. The fourth-order valence-corrected chi connectivity index (χ4v) is 3.65. The normalized spacial score (nSPS) is 14.5. The minimum atomic E-state index is -0.432. The van der Waals surface area contributed by atoms with E-state index in [4.69, 9.17) is 0 Å². The van der Waals surface area contributed by atoms with Crippen LogP contribution in [0.15, 0.2) is 60.7 Å². The van der Waals surface area contributed by atoms with Gasteiger partial charge in [0.05, 0.1) is 11.3 Å². The molecule has 1 N–H and O–H groups in total. The molecule has 128 valence electrons. The lowest BCUT2D eigenvalue weighted by molar-refractivity contribution is 0.0977. The first-order chi connectivity index (χ1) is 13.1. The summed E-state index contributed by atoms with van der Waals surface area (Å²) < 4.78 is 0. The number of fused-ring (bicyclic) bond motifs is 6. The Balaban J connectivity index is 1.82. The molecule has 0 saturated carbocycles. The fraction of sp³-hybridized carbons (Fsp3) is 0. The molecule has 0 saturated heterocycles. The minimum absolute atomic E-state index is 0.0723. The van der Waals surface area contributed by atoms with Crippen LogP contribution in [0.1, 0.15) is 58.1 Å². The topological polar surface area (TPSA) is 80.3 Å². The Labute approximate surface area is 153 Å². The van der Waals surface area contributed by atoms with Gasteiger partial charge in [-0.25, -0.2) is 0 Å². The second kappa shape index (κ2) is 5.32. The summed E-state index contributed by atoms with van der Waals surface area (Å²) in [6, 6.07) is 15.9. The van der Waals surface area contributed by atoms with E-state index in [9.17, 15) is 19.2 Å². The van der Waals surface area contributed by atoms with E-state index in [-0.39, 0.29) is 45.3 Å². The number of nitrogens with one attached hydrogen (secondary N) is 1. The molecule has 0 aromatic heterocycles. The molecule has 0 spiro atoms. The van der Waals surface area contributed by atoms with E-state index >= 15 is 0 Å². The van der Waals surface area contributed by atoms with E-state index in [0.717, 1.165) is 0 Å². The van der Waals surface area contributed by atoms with Gasteiger partial charge < -0.3 is 5.32 Å². The smallest absolute Gasteiger partial charge is 0.255 e. The number of anilines is 1. The molecule has 5 heteroatoms. The molecule has 1 heterocycles. The molecule has 0 unspecified atom stereocenters. The maximum atomic E-state index is 13.1. The zero-order valence-corrected chi connectivity index (χ0v) is 13.9. The quantitative estimate of drug-likeness (QED) is 0.526. The first-order valence-electron chi connectivity index (χ1n) is 8.38. The Morgan fingerprint density at radius 2 is 1.22 bits per heavy atom. The van der Waals surface area contributed by atoms with Crippen LogP contribution in [0.5, 0.6) is 0 Å². The van der Waals surface area contributed by atoms with Crippen molar-refractivity contribution in [3.05, 3.63) is 99.6 Å². The number of carbonyl (C=O) groups excluding carboxylic acids is 4. The van der Waals surface area contributed by atoms with Gasteiger partial charge in [-0.15, -0.1) is 0 Å². The molecule has 3 aromatic carbocycles. The van der Waals surface area contributed by atoms with Crippen LogP contribution in [0.4, 0.5) is 5.69 Å². The van der Waals surface area contributed by atoms with Crippen molar-refractivity contribution >= 4 is 28.9 Å². The molecular formula is C22H11NO4. The lowest BCUT2D eigenvalue weighted by Gasteiger charge is -2.23. The van der Waals surface area contributed by atoms with Crippen LogP contribution in [0, 0.1) is 0 Å². The number of hydrogen-bond acceptors (Lipinski definition) is 4. The van der Waals surface area contributed by atoms with E-state index < -0.39 is 5.91 Å². The molecule has 2 bridgehead atoms. The van der Waals surface area contributed by atoms with Gasteiger partial charge >= 0.3 is 0 Å². The highest BCUT2D eigenvalue weighted by molar-refractivity contribution is 6.33. The van der Waals surface area contributed by atoms with Crippen LogP contribution < -0.4 is 5.32 Å². The van der Waals surface area contributed by atoms with Crippen LogP contribution in [0.3, 0.4) is 0 Å². The van der Waals surface area contributed by atoms with Crippen LogP contribution in [0.2, 0.25) is 0 Å². The van der Waals surface area contributed by atoms with Gasteiger partial charge in [0.25, 0.3) is 5.91 Å². The Kier molecular flexibility index (Phi) is 3.03. The van der Waals surface area contributed by atoms with Crippen LogP contribution in [-0.4, -0.2) is 23.3 Å². The molecule has 0 atom stereocenters. The standard InChI is InChI=1S/C22H11NO4/c24-19-11-4-3-5-12(10-11)22(27)23-18-16(19)9-8-15-17(18)21(26)14-7-2-1-6-13(14)20(15)25/h1-10H,(H,23,27). The Morgan fingerprint density at radius 3 is 2.00 bits per heavy atom. The van der Waals surface area contributed by atoms with Crippen molar-refractivity contribution in [2.75, 3.05) is 5.32 Å². The SMILES string of the molecule is O=C1Nc2c(ccc3c2C(=O)c2ccccc2C3=O)C(=O)c2cccc1c2. The van der Waals surface area contributed by atoms with E-state index in [1.54, 1.807) is 42.5 Å². The third-order valence-electron chi connectivity index (χ3n) is 4.96. The molecule has 5 nitrogen and oxygen atoms in total. The highest BCUT2D eigenvalue weighted by Gasteiger charge is 2.35. The van der Waals surface area contributed by atoms with Crippen molar-refractivity contribution in [3.63, 3.8) is 0 Å². The van der Waals surface area contributed by atoms with Gasteiger partial charge in [0.1, 0.15) is 0 Å². The lowest BCUT2D eigenvalue weighted by Crippen LogP contribution is -2.27. The summed E-state index contributed by atoms with van der Waals surface area (Å²) in [5, 5.41) is 2.68. The minimum Gasteiger partial charge on any atom is -0.321 e. The maximum Gasteiger partial charge on any atom is 0.255 e. The molecule has 1 aliphatic carbocycles. The molecule has 3 aromatic rings. The highest BCUT2D eigenvalue weighted by atomic mass is 16.2. The molecular weight excluding hydrogens is 342 g/mol. The average molecular weight is 353 g/mol. The summed E-state index contributed by atoms with van der Waals surface area (Å²) >= 11 is 0. The molecule has 1 amide bonds. The van der Waals surface area contributed by atoms with E-state index in [1.807, 2.05) is 0 Å².